The van der Waals surface area contributed by atoms with Crippen LogP contribution in [0.4, 0.5) is 0 Å². The molecule has 12 nitrogen and oxygen atoms in total. The number of tetrazole rings is 1. The number of benzene rings is 1. The minimum absolute atomic E-state index is 0.0727. The van der Waals surface area contributed by atoms with Gasteiger partial charge in [-0.05, 0) is 36.6 Å². The van der Waals surface area contributed by atoms with Crippen molar-refractivity contribution in [3.63, 3.8) is 0 Å². The van der Waals surface area contributed by atoms with E-state index in [2.05, 4.69) is 25.9 Å². The summed E-state index contributed by atoms with van der Waals surface area (Å²) in [6.07, 6.45) is -0.169. The number of nitrogens with one attached hydrogen (secondary N) is 1. The largest absolute Gasteiger partial charge is 0.375 e. The van der Waals surface area contributed by atoms with E-state index >= 15 is 0 Å². The van der Waals surface area contributed by atoms with E-state index in [1.807, 2.05) is 41.8 Å². The highest BCUT2D eigenvalue weighted by molar-refractivity contribution is 7.80. The quantitative estimate of drug-likeness (QED) is 0.384. The molecule has 0 saturated carbocycles. The summed E-state index contributed by atoms with van der Waals surface area (Å²) < 4.78 is 16.0. The van der Waals surface area contributed by atoms with Gasteiger partial charge in [0.1, 0.15) is 12.6 Å². The van der Waals surface area contributed by atoms with Crippen molar-refractivity contribution in [2.75, 3.05) is 6.61 Å². The van der Waals surface area contributed by atoms with Gasteiger partial charge in [-0.1, -0.05) is 30.3 Å². The first-order chi connectivity index (χ1) is 16.0. The smallest absolute Gasteiger partial charge is 0.204 e. The molecular formula is C19H22N10O2S2. The van der Waals surface area contributed by atoms with Crippen LogP contribution in [0, 0.1) is 4.77 Å². The molecule has 3 unspecified atom stereocenters. The third kappa shape index (κ3) is 4.29. The second kappa shape index (κ2) is 9.05. The monoisotopic (exact) mass is 486 g/mol. The summed E-state index contributed by atoms with van der Waals surface area (Å²) in [7, 11) is 0. The Morgan fingerprint density at radius 3 is 2.88 bits per heavy atom. The van der Waals surface area contributed by atoms with Crippen LogP contribution in [-0.4, -0.2) is 64.4 Å². The van der Waals surface area contributed by atoms with Crippen molar-refractivity contribution in [2.45, 2.75) is 44.9 Å². The van der Waals surface area contributed by atoms with E-state index in [0.29, 0.717) is 42.4 Å². The lowest BCUT2D eigenvalue weighted by atomic mass is 10.0. The predicted molar refractivity (Wildman–Crippen MR) is 125 cm³/mol. The zero-order chi connectivity index (χ0) is 22.9. The Morgan fingerprint density at radius 2 is 2.12 bits per heavy atom. The maximum Gasteiger partial charge on any atom is 0.204 e. The van der Waals surface area contributed by atoms with Gasteiger partial charge in [-0.25, -0.2) is 4.68 Å². The van der Waals surface area contributed by atoms with Crippen LogP contribution < -0.4 is 11.2 Å². The molecule has 0 amide bonds. The van der Waals surface area contributed by atoms with E-state index in [0.717, 1.165) is 11.4 Å². The fraction of sp³-hybridized carbons (Fsp3) is 0.421. The van der Waals surface area contributed by atoms with Gasteiger partial charge in [0.05, 0.1) is 18.4 Å². The summed E-state index contributed by atoms with van der Waals surface area (Å²) in [5.41, 5.74) is 9.67. The van der Waals surface area contributed by atoms with Crippen LogP contribution in [0.1, 0.15) is 25.2 Å². The van der Waals surface area contributed by atoms with Gasteiger partial charge in [0.25, 0.3) is 0 Å². The van der Waals surface area contributed by atoms with Gasteiger partial charge in [-0.15, -0.1) is 10.2 Å². The Morgan fingerprint density at radius 1 is 1.30 bits per heavy atom. The van der Waals surface area contributed by atoms with Crippen molar-refractivity contribution in [3.8, 4) is 11.4 Å². The molecule has 2 saturated heterocycles. The number of rotatable bonds is 6. The highest BCUT2D eigenvalue weighted by atomic mass is 32.1. The molecule has 14 heteroatoms. The Balaban J connectivity index is 1.42. The molecule has 2 fully saturated rings. The summed E-state index contributed by atoms with van der Waals surface area (Å²) in [6, 6.07) is 9.51. The summed E-state index contributed by atoms with van der Waals surface area (Å²) in [5, 5.41) is 22.0. The molecule has 2 aliphatic heterocycles. The van der Waals surface area contributed by atoms with Gasteiger partial charge in [0.2, 0.25) is 5.82 Å². The van der Waals surface area contributed by atoms with Crippen molar-refractivity contribution < 1.29 is 9.47 Å². The molecule has 0 aliphatic carbocycles. The second-order valence-corrected chi connectivity index (χ2v) is 8.39. The molecule has 5 rings (SSSR count). The van der Waals surface area contributed by atoms with E-state index in [-0.39, 0.29) is 17.3 Å². The highest BCUT2D eigenvalue weighted by Crippen LogP contribution is 2.33. The zero-order valence-electron chi connectivity index (χ0n) is 17.7. The lowest BCUT2D eigenvalue weighted by molar-refractivity contribution is -0.0323. The molecule has 2 bridgehead atoms. The van der Waals surface area contributed by atoms with Crippen LogP contribution in [-0.2, 0) is 22.6 Å². The summed E-state index contributed by atoms with van der Waals surface area (Å²) in [6.45, 7) is 3.41. The lowest BCUT2D eigenvalue weighted by Crippen LogP contribution is -2.39. The van der Waals surface area contributed by atoms with E-state index in [4.69, 9.17) is 44.7 Å². The third-order valence-corrected chi connectivity index (χ3v) is 6.00. The van der Waals surface area contributed by atoms with Crippen LogP contribution in [0.5, 0.6) is 0 Å². The van der Waals surface area contributed by atoms with Crippen molar-refractivity contribution in [1.82, 2.24) is 40.0 Å². The molecule has 1 aromatic carbocycles. The fourth-order valence-electron chi connectivity index (χ4n) is 3.95. The summed E-state index contributed by atoms with van der Waals surface area (Å²) in [4.78, 5) is 1.51. The minimum Gasteiger partial charge on any atom is -0.375 e. The first-order valence-electron chi connectivity index (χ1n) is 10.4. The van der Waals surface area contributed by atoms with Crippen LogP contribution in [0.15, 0.2) is 35.4 Å². The second-order valence-electron chi connectivity index (χ2n) is 7.59. The SMILES string of the molecule is CCn1c(Cn2nnc(-c3ccccc3)n2)nn(C2CC(=NNC(N)=S)C3OCC2O3)c1=S. The Bertz CT molecular complexity index is 1250. The van der Waals surface area contributed by atoms with Crippen molar-refractivity contribution >= 4 is 35.3 Å². The first kappa shape index (κ1) is 21.8. The summed E-state index contributed by atoms with van der Waals surface area (Å²) >= 11 is 10.6. The molecule has 4 heterocycles. The topological polar surface area (TPSA) is 135 Å². The highest BCUT2D eigenvalue weighted by Gasteiger charge is 2.44. The van der Waals surface area contributed by atoms with Gasteiger partial charge >= 0.3 is 0 Å². The minimum atomic E-state index is -0.522. The molecule has 2 aromatic heterocycles. The molecule has 0 spiro atoms. The molecule has 172 valence electrons. The van der Waals surface area contributed by atoms with E-state index in [1.54, 1.807) is 4.68 Å². The van der Waals surface area contributed by atoms with Gasteiger partial charge < -0.3 is 19.8 Å². The summed E-state index contributed by atoms with van der Waals surface area (Å²) in [5.74, 6) is 1.28. The maximum atomic E-state index is 5.98. The van der Waals surface area contributed by atoms with Gasteiger partial charge in [0.15, 0.2) is 22.0 Å². The predicted octanol–water partition coefficient (Wildman–Crippen LogP) is 1.01. The first-order valence-corrected chi connectivity index (χ1v) is 11.3. The number of hydrogen-bond acceptors (Lipinski definition) is 9. The van der Waals surface area contributed by atoms with Crippen LogP contribution in [0.3, 0.4) is 0 Å². The molecule has 33 heavy (non-hydrogen) atoms. The standard InChI is InChI=1S/C19H22N10O2S2/c1-2-27-15(9-28-25-16(22-26-28)11-6-4-3-5-7-11)24-29(19(27)33)13-8-12(21-23-18(20)32)17-30-10-14(13)31-17/h3-7,13-14,17H,2,8-10H2,1H3,(H3,20,23,32). The van der Waals surface area contributed by atoms with Crippen molar-refractivity contribution in [2.24, 2.45) is 10.8 Å². The zero-order valence-corrected chi connectivity index (χ0v) is 19.4. The number of nitrogens with zero attached hydrogens (tertiary/aromatic N) is 8. The van der Waals surface area contributed by atoms with Crippen LogP contribution in [0.2, 0.25) is 0 Å². The van der Waals surface area contributed by atoms with Gasteiger partial charge in [0, 0.05) is 18.5 Å². The average molecular weight is 487 g/mol. The van der Waals surface area contributed by atoms with Gasteiger partial charge in [-0.2, -0.15) is 15.0 Å². The average Bonchev–Trinajstić information content (AvgIpc) is 3.53. The van der Waals surface area contributed by atoms with Gasteiger partial charge in [-0.3, -0.25) is 5.43 Å². The van der Waals surface area contributed by atoms with Crippen LogP contribution >= 0.6 is 24.4 Å². The molecule has 3 atom stereocenters. The molecule has 0 radical (unpaired) electrons. The third-order valence-electron chi connectivity index (χ3n) is 5.50. The number of nitrogens with two attached hydrogens (primary N) is 1. The number of hydrazone groups is 1. The van der Waals surface area contributed by atoms with E-state index < -0.39 is 6.29 Å². The number of fused-ring (bicyclic) bond motifs is 2. The van der Waals surface area contributed by atoms with E-state index in [9.17, 15) is 0 Å². The Labute approximate surface area is 199 Å². The number of ether oxygens (including phenoxy) is 2. The Kier molecular flexibility index (Phi) is 5.97. The van der Waals surface area contributed by atoms with Crippen molar-refractivity contribution in [3.05, 3.63) is 40.9 Å². The maximum absolute atomic E-state index is 5.98. The number of aromatic nitrogens is 7. The fourth-order valence-corrected chi connectivity index (χ4v) is 4.41. The molecule has 3 N–H and O–H groups in total. The Hall–Kier alpha value is -3.07. The van der Waals surface area contributed by atoms with E-state index in [1.165, 1.54) is 4.80 Å². The number of thiocarbonyl (C=S) groups is 1. The molecule has 3 aromatic rings. The lowest BCUT2D eigenvalue weighted by Gasteiger charge is -2.28. The van der Waals surface area contributed by atoms with Crippen LogP contribution in [0.25, 0.3) is 11.4 Å². The van der Waals surface area contributed by atoms with Crippen molar-refractivity contribution in [1.29, 1.82) is 0 Å². The number of hydrogen-bond donors (Lipinski definition) is 2. The molecular weight excluding hydrogens is 464 g/mol. The molecule has 2 aliphatic rings. The normalized spacial score (nSPS) is 23.2.